The minimum atomic E-state index is -0.0814. The van der Waals surface area contributed by atoms with Gasteiger partial charge in [-0.2, -0.15) is 0 Å². The summed E-state index contributed by atoms with van der Waals surface area (Å²) in [6.07, 6.45) is 0. The Kier molecular flexibility index (Phi) is 5.47. The summed E-state index contributed by atoms with van der Waals surface area (Å²) >= 11 is 0. The molecule has 0 fully saturated rings. The largest absolute Gasteiger partial charge is 0.436 e. The monoisotopic (exact) mass is 581 g/mol. The van der Waals surface area contributed by atoms with Crippen LogP contribution in [-0.2, 0) is 5.41 Å². The highest BCUT2D eigenvalue weighted by Gasteiger charge is 2.35. The summed E-state index contributed by atoms with van der Waals surface area (Å²) < 4.78 is 12.4. The second-order valence-electron chi connectivity index (χ2n) is 12.1. The third-order valence-corrected chi connectivity index (χ3v) is 8.94. The summed E-state index contributed by atoms with van der Waals surface area (Å²) in [6.45, 7) is 4.60. The predicted octanol–water partition coefficient (Wildman–Crippen LogP) is 10.3. The summed E-state index contributed by atoms with van der Waals surface area (Å²) in [5.41, 5.74) is 13.7. The summed E-state index contributed by atoms with van der Waals surface area (Å²) in [5.74, 6) is 1.07. The van der Waals surface area contributed by atoms with Crippen molar-refractivity contribution >= 4 is 22.2 Å². The first-order valence-electron chi connectivity index (χ1n) is 15.1. The third kappa shape index (κ3) is 4.12. The molecule has 0 bridgehead atoms. The Morgan fingerprint density at radius 1 is 0.444 bits per heavy atom. The van der Waals surface area contributed by atoms with E-state index in [-0.39, 0.29) is 5.41 Å². The van der Waals surface area contributed by atoms with Gasteiger partial charge in [-0.15, -0.1) is 0 Å². The van der Waals surface area contributed by atoms with Crippen LogP contribution >= 0.6 is 0 Å². The first-order valence-corrected chi connectivity index (χ1v) is 15.1. The number of nitrogens with zero attached hydrogens (tertiary/aromatic N) is 3. The van der Waals surface area contributed by atoms with Gasteiger partial charge >= 0.3 is 0 Å². The second kappa shape index (κ2) is 9.60. The van der Waals surface area contributed by atoms with Gasteiger partial charge in [-0.05, 0) is 82.9 Å². The van der Waals surface area contributed by atoms with Crippen molar-refractivity contribution in [3.05, 3.63) is 139 Å². The zero-order valence-corrected chi connectivity index (χ0v) is 24.8. The molecule has 0 unspecified atom stereocenters. The van der Waals surface area contributed by atoms with Crippen molar-refractivity contribution in [1.29, 1.82) is 0 Å². The van der Waals surface area contributed by atoms with Crippen LogP contribution in [-0.4, -0.2) is 15.0 Å². The Hall–Kier alpha value is -5.81. The summed E-state index contributed by atoms with van der Waals surface area (Å²) in [4.78, 5) is 14.8. The lowest BCUT2D eigenvalue weighted by atomic mass is 9.82. The predicted molar refractivity (Wildman–Crippen MR) is 179 cm³/mol. The molecule has 45 heavy (non-hydrogen) atoms. The molecule has 0 saturated heterocycles. The maximum absolute atomic E-state index is 6.19. The van der Waals surface area contributed by atoms with Gasteiger partial charge in [0.2, 0.25) is 11.8 Å². The van der Waals surface area contributed by atoms with Gasteiger partial charge in [0, 0.05) is 27.7 Å². The minimum Gasteiger partial charge on any atom is -0.436 e. The van der Waals surface area contributed by atoms with E-state index in [9.17, 15) is 0 Å². The van der Waals surface area contributed by atoms with Crippen LogP contribution in [0.3, 0.4) is 0 Å². The second-order valence-corrected chi connectivity index (χ2v) is 12.1. The van der Waals surface area contributed by atoms with Crippen LogP contribution in [0, 0.1) is 0 Å². The lowest BCUT2D eigenvalue weighted by Crippen LogP contribution is -2.14. The smallest absolute Gasteiger partial charge is 0.227 e. The van der Waals surface area contributed by atoms with Crippen molar-refractivity contribution < 1.29 is 8.83 Å². The van der Waals surface area contributed by atoms with Crippen molar-refractivity contribution in [3.63, 3.8) is 0 Å². The average Bonchev–Trinajstić information content (AvgIpc) is 3.78. The molecule has 9 rings (SSSR count). The number of fused-ring (bicyclic) bond motifs is 5. The molecular weight excluding hydrogens is 554 g/mol. The number of oxazole rings is 2. The van der Waals surface area contributed by atoms with Gasteiger partial charge in [0.15, 0.2) is 11.2 Å². The zero-order valence-electron chi connectivity index (χ0n) is 24.8. The molecule has 0 spiro atoms. The van der Waals surface area contributed by atoms with Crippen molar-refractivity contribution in [2.75, 3.05) is 0 Å². The molecule has 1 aliphatic rings. The Labute approximate surface area is 259 Å². The van der Waals surface area contributed by atoms with Crippen LogP contribution in [0.5, 0.6) is 0 Å². The Balaban J connectivity index is 1.18. The van der Waals surface area contributed by atoms with E-state index in [0.29, 0.717) is 11.8 Å². The molecular formula is C40H27N3O2. The molecule has 0 radical (unpaired) electrons. The van der Waals surface area contributed by atoms with Crippen LogP contribution in [0.25, 0.3) is 78.7 Å². The van der Waals surface area contributed by atoms with Crippen LogP contribution in [0.1, 0.15) is 25.0 Å². The molecule has 0 aliphatic heterocycles. The number of para-hydroxylation sites is 4. The standard InChI is InChI=1S/C40H27N3O2/c1-40(2)30-11-4-3-10-28(30)29-19-18-24(23-31(29)40)32-14-9-15-33(41-32)25-20-26(38-42-34-12-5-7-16-36(34)44-38)22-27(21-25)39-43-35-13-6-8-17-37(35)45-39/h3-23H,1-2H3. The molecule has 3 heterocycles. The molecule has 0 N–H and O–H groups in total. The van der Waals surface area contributed by atoms with E-state index in [4.69, 9.17) is 23.8 Å². The highest BCUT2D eigenvalue weighted by atomic mass is 16.4. The fourth-order valence-electron chi connectivity index (χ4n) is 6.63. The Morgan fingerprint density at radius 3 is 1.67 bits per heavy atom. The van der Waals surface area contributed by atoms with E-state index in [2.05, 4.69) is 80.6 Å². The van der Waals surface area contributed by atoms with Gasteiger partial charge in [0.05, 0.1) is 11.4 Å². The fourth-order valence-corrected chi connectivity index (χ4v) is 6.63. The lowest BCUT2D eigenvalue weighted by molar-refractivity contribution is 0.617. The first kappa shape index (κ1) is 25.7. The number of hydrogen-bond acceptors (Lipinski definition) is 5. The number of pyridine rings is 1. The SMILES string of the molecule is CC1(C)c2ccccc2-c2ccc(-c3cccc(-c4cc(-c5nc6ccccc6o5)cc(-c5nc6ccccc6o5)c4)n3)cc21. The Morgan fingerprint density at radius 2 is 1.00 bits per heavy atom. The summed E-state index contributed by atoms with van der Waals surface area (Å²) in [6, 6.07) is 43.4. The Bertz CT molecular complexity index is 2270. The van der Waals surface area contributed by atoms with E-state index in [1.54, 1.807) is 0 Å². The van der Waals surface area contributed by atoms with Crippen LogP contribution in [0.4, 0.5) is 0 Å². The van der Waals surface area contributed by atoms with Crippen molar-refractivity contribution in [3.8, 4) is 56.6 Å². The summed E-state index contributed by atoms with van der Waals surface area (Å²) in [5, 5.41) is 0. The van der Waals surface area contributed by atoms with E-state index < -0.39 is 0 Å². The number of aromatic nitrogens is 3. The highest BCUT2D eigenvalue weighted by molar-refractivity contribution is 5.85. The zero-order chi connectivity index (χ0) is 30.1. The number of rotatable bonds is 4. The maximum atomic E-state index is 6.19. The molecule has 214 valence electrons. The number of benzene rings is 5. The molecule has 5 aromatic carbocycles. The molecule has 5 nitrogen and oxygen atoms in total. The van der Waals surface area contributed by atoms with Crippen molar-refractivity contribution in [1.82, 2.24) is 15.0 Å². The van der Waals surface area contributed by atoms with Crippen LogP contribution < -0.4 is 0 Å². The molecule has 0 saturated carbocycles. The van der Waals surface area contributed by atoms with Gasteiger partial charge in [0.25, 0.3) is 0 Å². The van der Waals surface area contributed by atoms with Crippen molar-refractivity contribution in [2.24, 2.45) is 0 Å². The van der Waals surface area contributed by atoms with Gasteiger partial charge in [-0.1, -0.05) is 80.6 Å². The molecule has 3 aromatic heterocycles. The fraction of sp³-hybridized carbons (Fsp3) is 0.0750. The van der Waals surface area contributed by atoms with Crippen molar-refractivity contribution in [2.45, 2.75) is 19.3 Å². The normalized spacial score (nSPS) is 13.3. The first-order chi connectivity index (χ1) is 22.0. The van der Waals surface area contributed by atoms with E-state index in [1.807, 2.05) is 60.7 Å². The van der Waals surface area contributed by atoms with Gasteiger partial charge in [0.1, 0.15) is 11.0 Å². The maximum Gasteiger partial charge on any atom is 0.227 e. The average molecular weight is 582 g/mol. The molecule has 1 aliphatic carbocycles. The molecule has 0 amide bonds. The third-order valence-electron chi connectivity index (χ3n) is 8.94. The topological polar surface area (TPSA) is 65.0 Å². The van der Waals surface area contributed by atoms with Crippen LogP contribution in [0.15, 0.2) is 136 Å². The van der Waals surface area contributed by atoms with Crippen LogP contribution in [0.2, 0.25) is 0 Å². The van der Waals surface area contributed by atoms with E-state index in [0.717, 1.165) is 55.8 Å². The summed E-state index contributed by atoms with van der Waals surface area (Å²) in [7, 11) is 0. The molecule has 8 aromatic rings. The molecule has 5 heteroatoms. The minimum absolute atomic E-state index is 0.0814. The van der Waals surface area contributed by atoms with Gasteiger partial charge in [-0.25, -0.2) is 15.0 Å². The highest BCUT2D eigenvalue weighted by Crippen LogP contribution is 2.49. The van der Waals surface area contributed by atoms with Gasteiger partial charge < -0.3 is 8.83 Å². The molecule has 0 atom stereocenters. The number of hydrogen-bond donors (Lipinski definition) is 0. The quantitative estimate of drug-likeness (QED) is 0.207. The van der Waals surface area contributed by atoms with E-state index >= 15 is 0 Å². The van der Waals surface area contributed by atoms with E-state index in [1.165, 1.54) is 22.3 Å². The van der Waals surface area contributed by atoms with Gasteiger partial charge in [-0.3, -0.25) is 0 Å². The lowest BCUT2D eigenvalue weighted by Gasteiger charge is -2.21.